The lowest BCUT2D eigenvalue weighted by Gasteiger charge is -2.05. The van der Waals surface area contributed by atoms with Crippen molar-refractivity contribution in [2.75, 3.05) is 0 Å². The number of alkyl halides is 1. The van der Waals surface area contributed by atoms with Crippen LogP contribution in [0.25, 0.3) is 0 Å². The highest BCUT2D eigenvalue weighted by molar-refractivity contribution is 9.10. The molecule has 16 heavy (non-hydrogen) atoms. The Morgan fingerprint density at radius 3 is 2.50 bits per heavy atom. The molecule has 0 amide bonds. The van der Waals surface area contributed by atoms with Gasteiger partial charge in [0.2, 0.25) is 0 Å². The molecule has 0 saturated carbocycles. The molecule has 0 aliphatic heterocycles. The second kappa shape index (κ2) is 5.32. The number of benzene rings is 1. The van der Waals surface area contributed by atoms with E-state index in [1.165, 1.54) is 0 Å². The van der Waals surface area contributed by atoms with Crippen LogP contribution in [-0.4, -0.2) is 4.98 Å². The first-order valence-corrected chi connectivity index (χ1v) is 6.04. The van der Waals surface area contributed by atoms with Crippen molar-refractivity contribution in [2.45, 2.75) is 5.88 Å². The van der Waals surface area contributed by atoms with E-state index in [4.69, 9.17) is 16.3 Å². The molecule has 0 radical (unpaired) electrons. The molecular formula is C12H9BrClNO. The summed E-state index contributed by atoms with van der Waals surface area (Å²) in [5.41, 5.74) is 1.07. The number of ether oxygens (including phenoxy) is 1. The van der Waals surface area contributed by atoms with E-state index >= 15 is 0 Å². The summed E-state index contributed by atoms with van der Waals surface area (Å²) in [6.07, 6.45) is 3.38. The van der Waals surface area contributed by atoms with E-state index in [0.717, 1.165) is 15.8 Å². The molecule has 0 N–H and O–H groups in total. The summed E-state index contributed by atoms with van der Waals surface area (Å²) >= 11 is 9.04. The fourth-order valence-corrected chi connectivity index (χ4v) is 1.75. The first kappa shape index (κ1) is 11.4. The Kier molecular flexibility index (Phi) is 3.80. The lowest BCUT2D eigenvalue weighted by molar-refractivity contribution is 0.480. The lowest BCUT2D eigenvalue weighted by Crippen LogP contribution is -1.86. The molecule has 0 aliphatic rings. The molecule has 0 saturated heterocycles. The number of aromatic nitrogens is 1. The lowest BCUT2D eigenvalue weighted by atomic mass is 10.2. The minimum absolute atomic E-state index is 0.513. The maximum absolute atomic E-state index is 5.70. The third-order valence-corrected chi connectivity index (χ3v) is 2.74. The van der Waals surface area contributed by atoms with Crippen LogP contribution in [0, 0.1) is 0 Å². The Hall–Kier alpha value is -1.06. The minimum atomic E-state index is 0.513. The van der Waals surface area contributed by atoms with Crippen LogP contribution in [-0.2, 0) is 5.88 Å². The van der Waals surface area contributed by atoms with E-state index in [9.17, 15) is 0 Å². The van der Waals surface area contributed by atoms with Gasteiger partial charge < -0.3 is 4.74 Å². The number of hydrogen-bond acceptors (Lipinski definition) is 2. The molecule has 2 rings (SSSR count). The largest absolute Gasteiger partial charge is 0.456 e. The topological polar surface area (TPSA) is 22.1 Å². The van der Waals surface area contributed by atoms with Crippen LogP contribution >= 0.6 is 27.5 Å². The predicted molar refractivity (Wildman–Crippen MR) is 68.0 cm³/mol. The SMILES string of the molecule is ClCc1ccc(Oc2cncc(Br)c2)cc1. The summed E-state index contributed by atoms with van der Waals surface area (Å²) in [6, 6.07) is 9.52. The van der Waals surface area contributed by atoms with Crippen molar-refractivity contribution in [3.63, 3.8) is 0 Å². The molecular weight excluding hydrogens is 289 g/mol. The quantitative estimate of drug-likeness (QED) is 0.785. The predicted octanol–water partition coefficient (Wildman–Crippen LogP) is 4.38. The monoisotopic (exact) mass is 297 g/mol. The first-order valence-electron chi connectivity index (χ1n) is 4.71. The molecule has 0 bridgehead atoms. The summed E-state index contributed by atoms with van der Waals surface area (Å²) in [4.78, 5) is 4.02. The van der Waals surface area contributed by atoms with Crippen molar-refractivity contribution in [2.24, 2.45) is 0 Å². The van der Waals surface area contributed by atoms with Gasteiger partial charge >= 0.3 is 0 Å². The smallest absolute Gasteiger partial charge is 0.146 e. The fraction of sp³-hybridized carbons (Fsp3) is 0.0833. The summed E-state index contributed by atoms with van der Waals surface area (Å²) < 4.78 is 6.51. The van der Waals surface area contributed by atoms with Gasteiger partial charge in [-0.25, -0.2) is 0 Å². The van der Waals surface area contributed by atoms with Gasteiger partial charge in [-0.15, -0.1) is 11.6 Å². The average Bonchev–Trinajstić information content (AvgIpc) is 2.30. The number of nitrogens with zero attached hydrogens (tertiary/aromatic N) is 1. The van der Waals surface area contributed by atoms with Gasteiger partial charge in [-0.3, -0.25) is 4.98 Å². The van der Waals surface area contributed by atoms with Crippen LogP contribution < -0.4 is 4.74 Å². The van der Waals surface area contributed by atoms with E-state index in [2.05, 4.69) is 20.9 Å². The summed E-state index contributed by atoms with van der Waals surface area (Å²) in [7, 11) is 0. The van der Waals surface area contributed by atoms with Gasteiger partial charge in [-0.2, -0.15) is 0 Å². The highest BCUT2D eigenvalue weighted by Crippen LogP contribution is 2.23. The molecule has 1 heterocycles. The maximum Gasteiger partial charge on any atom is 0.146 e. The van der Waals surface area contributed by atoms with Crippen LogP contribution in [0.2, 0.25) is 0 Å². The zero-order chi connectivity index (χ0) is 11.4. The average molecular weight is 299 g/mol. The van der Waals surface area contributed by atoms with Gasteiger partial charge in [-0.05, 0) is 39.7 Å². The molecule has 2 aromatic rings. The molecule has 0 atom stereocenters. The van der Waals surface area contributed by atoms with Crippen LogP contribution in [0.4, 0.5) is 0 Å². The van der Waals surface area contributed by atoms with Gasteiger partial charge in [-0.1, -0.05) is 12.1 Å². The Labute approximate surface area is 107 Å². The van der Waals surface area contributed by atoms with E-state index in [-0.39, 0.29) is 0 Å². The van der Waals surface area contributed by atoms with Crippen LogP contribution in [0.1, 0.15) is 5.56 Å². The zero-order valence-electron chi connectivity index (χ0n) is 8.36. The molecule has 0 spiro atoms. The van der Waals surface area contributed by atoms with E-state index < -0.39 is 0 Å². The second-order valence-electron chi connectivity index (χ2n) is 3.22. The van der Waals surface area contributed by atoms with Crippen molar-refractivity contribution in [1.82, 2.24) is 4.98 Å². The number of pyridine rings is 1. The van der Waals surface area contributed by atoms with Crippen molar-refractivity contribution in [3.05, 3.63) is 52.8 Å². The minimum Gasteiger partial charge on any atom is -0.456 e. The Balaban J connectivity index is 2.14. The first-order chi connectivity index (χ1) is 7.78. The van der Waals surface area contributed by atoms with Gasteiger partial charge in [0, 0.05) is 16.5 Å². The molecule has 1 aromatic heterocycles. The molecule has 82 valence electrons. The van der Waals surface area contributed by atoms with E-state index in [1.54, 1.807) is 12.4 Å². The molecule has 1 aromatic carbocycles. The number of hydrogen-bond donors (Lipinski definition) is 0. The summed E-state index contributed by atoms with van der Waals surface area (Å²) in [5, 5.41) is 0. The van der Waals surface area contributed by atoms with Gasteiger partial charge in [0.25, 0.3) is 0 Å². The molecule has 2 nitrogen and oxygen atoms in total. The third kappa shape index (κ3) is 2.97. The highest BCUT2D eigenvalue weighted by atomic mass is 79.9. The van der Waals surface area contributed by atoms with Crippen molar-refractivity contribution < 1.29 is 4.74 Å². The number of halogens is 2. The van der Waals surface area contributed by atoms with E-state index in [0.29, 0.717) is 11.6 Å². The normalized spacial score (nSPS) is 10.1. The maximum atomic E-state index is 5.70. The zero-order valence-corrected chi connectivity index (χ0v) is 10.7. The fourth-order valence-electron chi connectivity index (χ4n) is 1.23. The molecule has 0 fully saturated rings. The number of rotatable bonds is 3. The molecule has 0 unspecified atom stereocenters. The highest BCUT2D eigenvalue weighted by Gasteiger charge is 1.98. The van der Waals surface area contributed by atoms with E-state index in [1.807, 2.05) is 30.3 Å². The molecule has 4 heteroatoms. The Morgan fingerprint density at radius 1 is 1.12 bits per heavy atom. The summed E-state index contributed by atoms with van der Waals surface area (Å²) in [6.45, 7) is 0. The van der Waals surface area contributed by atoms with Gasteiger partial charge in [0.05, 0.1) is 6.20 Å². The van der Waals surface area contributed by atoms with Crippen LogP contribution in [0.15, 0.2) is 47.2 Å². The van der Waals surface area contributed by atoms with Gasteiger partial charge in [0.1, 0.15) is 11.5 Å². The summed E-state index contributed by atoms with van der Waals surface area (Å²) in [5.74, 6) is 1.99. The van der Waals surface area contributed by atoms with Crippen molar-refractivity contribution >= 4 is 27.5 Å². The Morgan fingerprint density at radius 2 is 1.88 bits per heavy atom. The third-order valence-electron chi connectivity index (χ3n) is 1.99. The van der Waals surface area contributed by atoms with Crippen molar-refractivity contribution in [3.8, 4) is 11.5 Å². The van der Waals surface area contributed by atoms with Crippen LogP contribution in [0.5, 0.6) is 11.5 Å². The second-order valence-corrected chi connectivity index (χ2v) is 4.40. The Bertz CT molecular complexity index is 473. The van der Waals surface area contributed by atoms with Crippen molar-refractivity contribution in [1.29, 1.82) is 0 Å². The van der Waals surface area contributed by atoms with Crippen LogP contribution in [0.3, 0.4) is 0 Å². The van der Waals surface area contributed by atoms with Gasteiger partial charge in [0.15, 0.2) is 0 Å². The molecule has 0 aliphatic carbocycles. The standard InChI is InChI=1S/C12H9BrClNO/c13-10-5-12(8-15-7-10)16-11-3-1-9(6-14)2-4-11/h1-5,7-8H,6H2.